The number of hydrogen-bond acceptors (Lipinski definition) is 2. The van der Waals surface area contributed by atoms with Gasteiger partial charge in [-0.1, -0.05) is 32.1 Å². The number of pyridine rings is 1. The molecule has 0 aliphatic heterocycles. The molecule has 2 N–H and O–H groups in total. The molecular weight excluding hydrogens is 314 g/mol. The Balaban J connectivity index is 1.68. The van der Waals surface area contributed by atoms with Crippen molar-refractivity contribution in [3.8, 4) is 0 Å². The molecule has 1 aliphatic carbocycles. The van der Waals surface area contributed by atoms with Crippen molar-refractivity contribution in [1.82, 2.24) is 9.38 Å². The monoisotopic (exact) mass is 335 g/mol. The lowest BCUT2D eigenvalue weighted by Gasteiger charge is -2.22. The number of halogens is 1. The van der Waals surface area contributed by atoms with Gasteiger partial charge >= 0.3 is 0 Å². The van der Waals surface area contributed by atoms with Crippen LogP contribution in [-0.2, 0) is 0 Å². The van der Waals surface area contributed by atoms with Gasteiger partial charge in [0.2, 0.25) is 0 Å². The minimum absolute atomic E-state index is 0.0845. The second-order valence-corrected chi connectivity index (χ2v) is 6.86. The van der Waals surface area contributed by atoms with Crippen LogP contribution in [0, 0.1) is 5.92 Å². The predicted molar refractivity (Wildman–Crippen MR) is 85.6 cm³/mol. The maximum absolute atomic E-state index is 6.40. The molecule has 1 atom stereocenters. The second kappa shape index (κ2) is 6.27. The standard InChI is InChI=1S/C16H22BrN3/c17-13-7-9-16-19-10-15(20(16)11-13)14(18)8-6-12-4-2-1-3-5-12/h7,9-12,14H,1-6,8,18H2. The van der Waals surface area contributed by atoms with E-state index in [9.17, 15) is 0 Å². The Morgan fingerprint density at radius 3 is 2.90 bits per heavy atom. The fourth-order valence-electron chi connectivity index (χ4n) is 3.29. The van der Waals surface area contributed by atoms with Crippen LogP contribution in [0.5, 0.6) is 0 Å². The van der Waals surface area contributed by atoms with Gasteiger partial charge < -0.3 is 10.1 Å². The van der Waals surface area contributed by atoms with Crippen molar-refractivity contribution in [1.29, 1.82) is 0 Å². The highest BCUT2D eigenvalue weighted by molar-refractivity contribution is 9.10. The number of nitrogens with two attached hydrogens (primary N) is 1. The van der Waals surface area contributed by atoms with E-state index in [-0.39, 0.29) is 6.04 Å². The molecule has 0 radical (unpaired) electrons. The Morgan fingerprint density at radius 2 is 2.10 bits per heavy atom. The molecule has 0 saturated heterocycles. The number of aromatic nitrogens is 2. The summed E-state index contributed by atoms with van der Waals surface area (Å²) in [6.45, 7) is 0. The number of fused-ring (bicyclic) bond motifs is 1. The molecular formula is C16H22BrN3. The van der Waals surface area contributed by atoms with Crippen molar-refractivity contribution < 1.29 is 0 Å². The fourth-order valence-corrected chi connectivity index (χ4v) is 3.62. The lowest BCUT2D eigenvalue weighted by Crippen LogP contribution is -2.15. The Bertz CT molecular complexity index is 572. The average Bonchev–Trinajstić information content (AvgIpc) is 2.89. The molecule has 2 aromatic rings. The van der Waals surface area contributed by atoms with Crippen LogP contribution in [0.25, 0.3) is 5.65 Å². The zero-order chi connectivity index (χ0) is 13.9. The Labute approximate surface area is 128 Å². The van der Waals surface area contributed by atoms with Crippen molar-refractivity contribution in [3.63, 3.8) is 0 Å². The van der Waals surface area contributed by atoms with Gasteiger partial charge in [0, 0.05) is 16.7 Å². The van der Waals surface area contributed by atoms with Crippen LogP contribution >= 0.6 is 15.9 Å². The zero-order valence-electron chi connectivity index (χ0n) is 11.8. The summed E-state index contributed by atoms with van der Waals surface area (Å²) in [6.07, 6.45) is 13.3. The molecule has 1 saturated carbocycles. The third-order valence-corrected chi connectivity index (χ3v) is 4.96. The first-order valence-corrected chi connectivity index (χ1v) is 8.41. The molecule has 0 aromatic carbocycles. The molecule has 2 aromatic heterocycles. The summed E-state index contributed by atoms with van der Waals surface area (Å²) in [4.78, 5) is 4.44. The van der Waals surface area contributed by atoms with Crippen LogP contribution in [0.2, 0.25) is 0 Å². The van der Waals surface area contributed by atoms with Crippen LogP contribution in [0.3, 0.4) is 0 Å². The van der Waals surface area contributed by atoms with Crippen LogP contribution in [0.15, 0.2) is 29.0 Å². The minimum atomic E-state index is 0.0845. The van der Waals surface area contributed by atoms with Crippen molar-refractivity contribution in [2.45, 2.75) is 51.0 Å². The molecule has 108 valence electrons. The lowest BCUT2D eigenvalue weighted by molar-refractivity contribution is 0.323. The summed E-state index contributed by atoms with van der Waals surface area (Å²) >= 11 is 3.51. The second-order valence-electron chi connectivity index (χ2n) is 5.95. The third kappa shape index (κ3) is 3.07. The normalized spacial score (nSPS) is 18.5. The van der Waals surface area contributed by atoms with E-state index in [1.165, 1.54) is 38.5 Å². The maximum atomic E-state index is 6.40. The Hall–Kier alpha value is -0.870. The highest BCUT2D eigenvalue weighted by Gasteiger charge is 2.17. The maximum Gasteiger partial charge on any atom is 0.137 e. The summed E-state index contributed by atoms with van der Waals surface area (Å²) in [7, 11) is 0. The first-order valence-electron chi connectivity index (χ1n) is 7.62. The van der Waals surface area contributed by atoms with Crippen molar-refractivity contribution in [2.24, 2.45) is 11.7 Å². The summed E-state index contributed by atoms with van der Waals surface area (Å²) in [5.41, 5.74) is 8.49. The lowest BCUT2D eigenvalue weighted by atomic mass is 9.85. The molecule has 1 aliphatic rings. The van der Waals surface area contributed by atoms with E-state index in [0.717, 1.165) is 28.2 Å². The van der Waals surface area contributed by atoms with Gasteiger partial charge in [0.15, 0.2) is 0 Å². The number of nitrogens with zero attached hydrogens (tertiary/aromatic N) is 2. The van der Waals surface area contributed by atoms with Gasteiger partial charge in [0.1, 0.15) is 5.65 Å². The third-order valence-electron chi connectivity index (χ3n) is 4.49. The van der Waals surface area contributed by atoms with Crippen LogP contribution in [0.4, 0.5) is 0 Å². The van der Waals surface area contributed by atoms with Gasteiger partial charge in [-0.05, 0) is 46.8 Å². The van der Waals surface area contributed by atoms with E-state index in [4.69, 9.17) is 5.73 Å². The minimum Gasteiger partial charge on any atom is -0.323 e. The topological polar surface area (TPSA) is 43.3 Å². The summed E-state index contributed by atoms with van der Waals surface area (Å²) < 4.78 is 3.17. The summed E-state index contributed by atoms with van der Waals surface area (Å²) in [6, 6.07) is 4.11. The van der Waals surface area contributed by atoms with Crippen molar-refractivity contribution in [2.75, 3.05) is 0 Å². The molecule has 4 heteroatoms. The van der Waals surface area contributed by atoms with Crippen molar-refractivity contribution in [3.05, 3.63) is 34.7 Å². The molecule has 0 bridgehead atoms. The molecule has 3 nitrogen and oxygen atoms in total. The van der Waals surface area contributed by atoms with E-state index in [1.54, 1.807) is 0 Å². The highest BCUT2D eigenvalue weighted by atomic mass is 79.9. The fraction of sp³-hybridized carbons (Fsp3) is 0.562. The van der Waals surface area contributed by atoms with E-state index >= 15 is 0 Å². The van der Waals surface area contributed by atoms with E-state index in [2.05, 4.69) is 31.5 Å². The highest BCUT2D eigenvalue weighted by Crippen LogP contribution is 2.30. The zero-order valence-corrected chi connectivity index (χ0v) is 13.3. The van der Waals surface area contributed by atoms with Crippen LogP contribution in [0.1, 0.15) is 56.7 Å². The van der Waals surface area contributed by atoms with Gasteiger partial charge in [0.25, 0.3) is 0 Å². The van der Waals surface area contributed by atoms with Gasteiger partial charge in [-0.25, -0.2) is 4.98 Å². The summed E-state index contributed by atoms with van der Waals surface area (Å²) in [5.74, 6) is 0.890. The van der Waals surface area contributed by atoms with Gasteiger partial charge in [0.05, 0.1) is 11.9 Å². The van der Waals surface area contributed by atoms with Gasteiger partial charge in [-0.15, -0.1) is 0 Å². The SMILES string of the molecule is NC(CCC1CCCCC1)c1cnc2ccc(Br)cn12. The molecule has 0 spiro atoms. The van der Waals surface area contributed by atoms with Crippen LogP contribution in [-0.4, -0.2) is 9.38 Å². The van der Waals surface area contributed by atoms with Gasteiger partial charge in [-0.2, -0.15) is 0 Å². The largest absolute Gasteiger partial charge is 0.323 e. The molecule has 1 unspecified atom stereocenters. The van der Waals surface area contributed by atoms with E-state index < -0.39 is 0 Å². The number of imidazole rings is 1. The van der Waals surface area contributed by atoms with Crippen LogP contribution < -0.4 is 5.73 Å². The average molecular weight is 336 g/mol. The first-order chi connectivity index (χ1) is 9.74. The number of hydrogen-bond donors (Lipinski definition) is 1. The van der Waals surface area contributed by atoms with E-state index in [1.807, 2.05) is 18.3 Å². The smallest absolute Gasteiger partial charge is 0.137 e. The first kappa shape index (κ1) is 14.1. The van der Waals surface area contributed by atoms with Gasteiger partial charge in [-0.3, -0.25) is 0 Å². The Morgan fingerprint density at radius 1 is 1.30 bits per heavy atom. The quantitative estimate of drug-likeness (QED) is 0.896. The molecule has 0 amide bonds. The predicted octanol–water partition coefficient (Wildman–Crippen LogP) is 4.46. The molecule has 2 heterocycles. The summed E-state index contributed by atoms with van der Waals surface area (Å²) in [5, 5.41) is 0. The van der Waals surface area contributed by atoms with E-state index in [0.29, 0.717) is 0 Å². The molecule has 1 fully saturated rings. The number of rotatable bonds is 4. The Kier molecular flexibility index (Phi) is 4.41. The molecule has 3 rings (SSSR count). The van der Waals surface area contributed by atoms with Crippen molar-refractivity contribution >= 4 is 21.6 Å². The molecule has 20 heavy (non-hydrogen) atoms.